The number of benzene rings is 1. The quantitative estimate of drug-likeness (QED) is 0.838. The average molecular weight is 315 g/mol. The maximum absolute atomic E-state index is 11.3. The molecule has 0 aliphatic carbocycles. The van der Waals surface area contributed by atoms with E-state index in [-0.39, 0.29) is 17.1 Å². The molecule has 1 unspecified atom stereocenters. The zero-order valence-corrected chi connectivity index (χ0v) is 13.9. The zero-order chi connectivity index (χ0) is 16.1. The molecule has 0 radical (unpaired) electrons. The highest BCUT2D eigenvalue weighted by Crippen LogP contribution is 2.28. The molecule has 0 aliphatic rings. The number of primary sulfonamides is 1. The molecule has 1 aromatic carbocycles. The van der Waals surface area contributed by atoms with E-state index in [2.05, 4.69) is 0 Å². The van der Waals surface area contributed by atoms with Gasteiger partial charge in [0.2, 0.25) is 10.0 Å². The fourth-order valence-corrected chi connectivity index (χ4v) is 2.98. The first-order valence-electron chi connectivity index (χ1n) is 6.98. The van der Waals surface area contributed by atoms with E-state index in [1.165, 1.54) is 0 Å². The SMILES string of the molecule is CCOc1ccc(OCC(CS(N)(=O)=O)C(C)(C)C)cc1. The molecule has 5 nitrogen and oxygen atoms in total. The number of sulfonamides is 1. The van der Waals surface area contributed by atoms with Crippen LogP contribution >= 0.6 is 0 Å². The van der Waals surface area contributed by atoms with Crippen molar-refractivity contribution in [2.24, 2.45) is 16.5 Å². The van der Waals surface area contributed by atoms with Crippen LogP contribution in [0.2, 0.25) is 0 Å². The van der Waals surface area contributed by atoms with Crippen molar-refractivity contribution in [3.05, 3.63) is 24.3 Å². The lowest BCUT2D eigenvalue weighted by Crippen LogP contribution is -2.35. The summed E-state index contributed by atoms with van der Waals surface area (Å²) in [5.41, 5.74) is -0.211. The Bertz CT molecular complexity index is 532. The molecule has 1 aromatic rings. The minimum Gasteiger partial charge on any atom is -0.494 e. The second kappa shape index (κ2) is 7.13. The number of nitrogens with two attached hydrogens (primary N) is 1. The highest BCUT2D eigenvalue weighted by atomic mass is 32.2. The number of rotatable bonds is 7. The van der Waals surface area contributed by atoms with Gasteiger partial charge >= 0.3 is 0 Å². The van der Waals surface area contributed by atoms with Gasteiger partial charge in [0, 0.05) is 5.92 Å². The van der Waals surface area contributed by atoms with Crippen LogP contribution in [-0.2, 0) is 10.0 Å². The predicted octanol–water partition coefficient (Wildman–Crippen LogP) is 2.41. The van der Waals surface area contributed by atoms with Crippen LogP contribution in [0.1, 0.15) is 27.7 Å². The second-order valence-electron chi connectivity index (χ2n) is 6.11. The maximum Gasteiger partial charge on any atom is 0.209 e. The van der Waals surface area contributed by atoms with E-state index in [0.29, 0.717) is 19.0 Å². The monoisotopic (exact) mass is 315 g/mol. The molecule has 0 amide bonds. The Morgan fingerprint density at radius 1 is 1.10 bits per heavy atom. The summed E-state index contributed by atoms with van der Waals surface area (Å²) in [5.74, 6) is 1.19. The predicted molar refractivity (Wildman–Crippen MR) is 84.0 cm³/mol. The molecule has 0 fully saturated rings. The van der Waals surface area contributed by atoms with E-state index in [1.54, 1.807) is 0 Å². The van der Waals surface area contributed by atoms with E-state index >= 15 is 0 Å². The fraction of sp³-hybridized carbons (Fsp3) is 0.600. The summed E-state index contributed by atoms with van der Waals surface area (Å²) in [5, 5.41) is 5.16. The smallest absolute Gasteiger partial charge is 0.209 e. The lowest BCUT2D eigenvalue weighted by atomic mass is 9.82. The van der Waals surface area contributed by atoms with Crippen molar-refractivity contribution < 1.29 is 17.9 Å². The zero-order valence-electron chi connectivity index (χ0n) is 13.1. The van der Waals surface area contributed by atoms with Crippen LogP contribution in [0.4, 0.5) is 0 Å². The maximum atomic E-state index is 11.3. The molecule has 6 heteroatoms. The molecule has 0 bridgehead atoms. The molecule has 0 aromatic heterocycles. The van der Waals surface area contributed by atoms with E-state index in [1.807, 2.05) is 52.0 Å². The van der Waals surface area contributed by atoms with Gasteiger partial charge in [0.05, 0.1) is 19.0 Å². The van der Waals surface area contributed by atoms with Crippen molar-refractivity contribution in [1.82, 2.24) is 0 Å². The Hall–Kier alpha value is -1.27. The number of hydrogen-bond donors (Lipinski definition) is 1. The minimum absolute atomic E-state index is 0.0898. The van der Waals surface area contributed by atoms with Crippen molar-refractivity contribution in [1.29, 1.82) is 0 Å². The molecule has 1 atom stereocenters. The van der Waals surface area contributed by atoms with Crippen LogP contribution < -0.4 is 14.6 Å². The van der Waals surface area contributed by atoms with Gasteiger partial charge in [0.1, 0.15) is 11.5 Å². The summed E-state index contributed by atoms with van der Waals surface area (Å²) in [6.45, 7) is 8.76. The van der Waals surface area contributed by atoms with Crippen LogP contribution in [-0.4, -0.2) is 27.4 Å². The van der Waals surface area contributed by atoms with Gasteiger partial charge in [-0.05, 0) is 36.6 Å². The average Bonchev–Trinajstić information content (AvgIpc) is 2.34. The summed E-state index contributed by atoms with van der Waals surface area (Å²) in [6.07, 6.45) is 0. The summed E-state index contributed by atoms with van der Waals surface area (Å²) in [6, 6.07) is 7.26. The number of hydrogen-bond acceptors (Lipinski definition) is 4. The second-order valence-corrected chi connectivity index (χ2v) is 7.77. The van der Waals surface area contributed by atoms with E-state index in [4.69, 9.17) is 14.6 Å². The Morgan fingerprint density at radius 3 is 1.95 bits per heavy atom. The Labute approximate surface area is 127 Å². The van der Waals surface area contributed by atoms with Crippen molar-refractivity contribution in [2.75, 3.05) is 19.0 Å². The van der Waals surface area contributed by atoms with Crippen molar-refractivity contribution in [3.63, 3.8) is 0 Å². The standard InChI is InChI=1S/C15H25NO4S/c1-5-19-13-6-8-14(9-7-13)20-10-12(15(2,3)4)11-21(16,17)18/h6-9,12H,5,10-11H2,1-4H3,(H2,16,17,18). The Morgan fingerprint density at radius 2 is 1.57 bits per heavy atom. The van der Waals surface area contributed by atoms with Gasteiger partial charge in [0.15, 0.2) is 0 Å². The van der Waals surface area contributed by atoms with Gasteiger partial charge < -0.3 is 9.47 Å². The summed E-state index contributed by atoms with van der Waals surface area (Å²) in [7, 11) is -3.52. The van der Waals surface area contributed by atoms with E-state index in [0.717, 1.165) is 5.75 Å². The minimum atomic E-state index is -3.52. The van der Waals surface area contributed by atoms with Gasteiger partial charge in [-0.2, -0.15) is 0 Å². The van der Waals surface area contributed by atoms with Gasteiger partial charge in [-0.1, -0.05) is 20.8 Å². The normalized spacial score (nSPS) is 13.8. The first-order chi connectivity index (χ1) is 9.62. The van der Waals surface area contributed by atoms with Crippen LogP contribution in [0.15, 0.2) is 24.3 Å². The van der Waals surface area contributed by atoms with Crippen LogP contribution in [0.25, 0.3) is 0 Å². The first-order valence-corrected chi connectivity index (χ1v) is 8.69. The molecule has 0 aliphatic heterocycles. The topological polar surface area (TPSA) is 78.6 Å². The molecule has 0 heterocycles. The van der Waals surface area contributed by atoms with Crippen LogP contribution in [0, 0.1) is 11.3 Å². The fourth-order valence-electron chi connectivity index (χ4n) is 1.82. The van der Waals surface area contributed by atoms with Gasteiger partial charge in [0.25, 0.3) is 0 Å². The van der Waals surface area contributed by atoms with Gasteiger partial charge in [-0.25, -0.2) is 13.6 Å². The third-order valence-electron chi connectivity index (χ3n) is 3.24. The van der Waals surface area contributed by atoms with Crippen molar-refractivity contribution in [2.45, 2.75) is 27.7 Å². The lowest BCUT2D eigenvalue weighted by molar-refractivity contribution is 0.163. The molecule has 0 saturated carbocycles. The first kappa shape index (κ1) is 17.8. The Kier molecular flexibility index (Phi) is 6.04. The van der Waals surface area contributed by atoms with Gasteiger partial charge in [-0.15, -0.1) is 0 Å². The molecule has 21 heavy (non-hydrogen) atoms. The van der Waals surface area contributed by atoms with Gasteiger partial charge in [-0.3, -0.25) is 0 Å². The molecule has 120 valence electrons. The van der Waals surface area contributed by atoms with Crippen molar-refractivity contribution in [3.8, 4) is 11.5 Å². The molecular formula is C15H25NO4S. The van der Waals surface area contributed by atoms with Crippen molar-refractivity contribution >= 4 is 10.0 Å². The highest BCUT2D eigenvalue weighted by molar-refractivity contribution is 7.89. The molecule has 0 saturated heterocycles. The number of ether oxygens (including phenoxy) is 2. The molecule has 2 N–H and O–H groups in total. The molecule has 1 rings (SSSR count). The summed E-state index contributed by atoms with van der Waals surface area (Å²) >= 11 is 0. The third-order valence-corrected chi connectivity index (χ3v) is 4.11. The van der Waals surface area contributed by atoms with E-state index in [9.17, 15) is 8.42 Å². The van der Waals surface area contributed by atoms with Crippen LogP contribution in [0.3, 0.4) is 0 Å². The lowest BCUT2D eigenvalue weighted by Gasteiger charge is -2.29. The Balaban J connectivity index is 2.68. The van der Waals surface area contributed by atoms with E-state index < -0.39 is 10.0 Å². The highest BCUT2D eigenvalue weighted by Gasteiger charge is 2.29. The summed E-state index contributed by atoms with van der Waals surface area (Å²) < 4.78 is 33.7. The van der Waals surface area contributed by atoms with Crippen LogP contribution in [0.5, 0.6) is 11.5 Å². The summed E-state index contributed by atoms with van der Waals surface area (Å²) in [4.78, 5) is 0. The molecule has 0 spiro atoms. The molecular weight excluding hydrogens is 290 g/mol. The third kappa shape index (κ3) is 6.82. The largest absolute Gasteiger partial charge is 0.494 e.